The first-order valence-corrected chi connectivity index (χ1v) is 8.24. The SMILES string of the molecule is O=C(c1ccncc1F)N1CCC(N2CC(=O)N(CC(F)(F)F)C2=O)CC1. The zero-order valence-corrected chi connectivity index (χ0v) is 14.1. The molecule has 2 saturated heterocycles. The molecule has 0 aromatic carbocycles. The number of carbonyl (C=O) groups is 3. The quantitative estimate of drug-likeness (QED) is 0.583. The largest absolute Gasteiger partial charge is 0.406 e. The first-order chi connectivity index (χ1) is 12.7. The van der Waals surface area contributed by atoms with E-state index in [1.54, 1.807) is 0 Å². The van der Waals surface area contributed by atoms with Gasteiger partial charge in [-0.25, -0.2) is 9.18 Å². The molecule has 0 spiro atoms. The molecule has 2 fully saturated rings. The van der Waals surface area contributed by atoms with Gasteiger partial charge in [0, 0.05) is 25.3 Å². The third-order valence-electron chi connectivity index (χ3n) is 4.62. The van der Waals surface area contributed by atoms with Gasteiger partial charge in [0.15, 0.2) is 5.82 Å². The van der Waals surface area contributed by atoms with Crippen LogP contribution in [0, 0.1) is 5.82 Å². The second kappa shape index (κ2) is 7.12. The third-order valence-corrected chi connectivity index (χ3v) is 4.62. The number of rotatable bonds is 3. The number of piperidine rings is 1. The Balaban J connectivity index is 1.61. The van der Waals surface area contributed by atoms with Gasteiger partial charge < -0.3 is 9.80 Å². The molecule has 0 radical (unpaired) electrons. The Hall–Kier alpha value is -2.72. The molecule has 0 N–H and O–H groups in total. The minimum atomic E-state index is -4.66. The number of hydrogen-bond acceptors (Lipinski definition) is 4. The third kappa shape index (κ3) is 4.01. The van der Waals surface area contributed by atoms with Crippen LogP contribution in [0.1, 0.15) is 23.2 Å². The summed E-state index contributed by atoms with van der Waals surface area (Å²) in [5.41, 5.74) is -0.118. The summed E-state index contributed by atoms with van der Waals surface area (Å²) in [6.07, 6.45) is -1.85. The molecule has 11 heteroatoms. The van der Waals surface area contributed by atoms with E-state index in [1.165, 1.54) is 17.2 Å². The molecule has 1 aromatic rings. The van der Waals surface area contributed by atoms with Crippen molar-refractivity contribution in [1.29, 1.82) is 0 Å². The summed E-state index contributed by atoms with van der Waals surface area (Å²) < 4.78 is 51.2. The van der Waals surface area contributed by atoms with E-state index in [1.807, 2.05) is 0 Å². The maximum absolute atomic E-state index is 13.7. The molecule has 2 aliphatic rings. The van der Waals surface area contributed by atoms with Crippen LogP contribution in [-0.4, -0.2) is 75.9 Å². The number of aromatic nitrogens is 1. The van der Waals surface area contributed by atoms with E-state index in [0.717, 1.165) is 11.1 Å². The lowest BCUT2D eigenvalue weighted by Gasteiger charge is -2.36. The smallest absolute Gasteiger partial charge is 0.338 e. The van der Waals surface area contributed by atoms with Crippen molar-refractivity contribution in [1.82, 2.24) is 19.7 Å². The summed E-state index contributed by atoms with van der Waals surface area (Å²) in [6, 6.07) is -0.158. The highest BCUT2D eigenvalue weighted by atomic mass is 19.4. The van der Waals surface area contributed by atoms with Gasteiger partial charge in [-0.3, -0.25) is 19.5 Å². The van der Waals surface area contributed by atoms with Gasteiger partial charge in [0.1, 0.15) is 13.1 Å². The van der Waals surface area contributed by atoms with Gasteiger partial charge >= 0.3 is 12.2 Å². The predicted octanol–water partition coefficient (Wildman–Crippen LogP) is 1.65. The summed E-state index contributed by atoms with van der Waals surface area (Å²) in [5, 5.41) is 0. The van der Waals surface area contributed by atoms with E-state index in [4.69, 9.17) is 0 Å². The minimum Gasteiger partial charge on any atom is -0.338 e. The lowest BCUT2D eigenvalue weighted by Crippen LogP contribution is -2.48. The van der Waals surface area contributed by atoms with Gasteiger partial charge in [-0.2, -0.15) is 13.2 Å². The van der Waals surface area contributed by atoms with Crippen LogP contribution in [0.3, 0.4) is 0 Å². The molecule has 0 saturated carbocycles. The number of likely N-dealkylation sites (tertiary alicyclic amines) is 1. The van der Waals surface area contributed by atoms with Crippen LogP contribution in [0.5, 0.6) is 0 Å². The second-order valence-electron chi connectivity index (χ2n) is 6.38. The molecule has 27 heavy (non-hydrogen) atoms. The molecular formula is C16H16F4N4O3. The highest BCUT2D eigenvalue weighted by Crippen LogP contribution is 2.26. The van der Waals surface area contributed by atoms with Gasteiger partial charge in [-0.15, -0.1) is 0 Å². The van der Waals surface area contributed by atoms with E-state index in [-0.39, 0.29) is 36.4 Å². The van der Waals surface area contributed by atoms with E-state index < -0.39 is 49.0 Å². The maximum atomic E-state index is 13.7. The molecule has 146 valence electrons. The zero-order valence-electron chi connectivity index (χ0n) is 14.1. The molecule has 1 aromatic heterocycles. The van der Waals surface area contributed by atoms with E-state index >= 15 is 0 Å². The topological polar surface area (TPSA) is 73.8 Å². The summed E-state index contributed by atoms with van der Waals surface area (Å²) in [6.45, 7) is -1.63. The van der Waals surface area contributed by atoms with Crippen LogP contribution >= 0.6 is 0 Å². The van der Waals surface area contributed by atoms with Gasteiger partial charge in [0.05, 0.1) is 11.8 Å². The molecule has 0 unspecified atom stereocenters. The van der Waals surface area contributed by atoms with Crippen LogP contribution < -0.4 is 0 Å². The van der Waals surface area contributed by atoms with Crippen LogP contribution in [0.4, 0.5) is 22.4 Å². The van der Waals surface area contributed by atoms with Crippen LogP contribution in [0.2, 0.25) is 0 Å². The molecule has 0 aliphatic carbocycles. The van der Waals surface area contributed by atoms with E-state index in [9.17, 15) is 31.9 Å². The van der Waals surface area contributed by atoms with Crippen molar-refractivity contribution in [2.75, 3.05) is 26.2 Å². The van der Waals surface area contributed by atoms with Crippen molar-refractivity contribution < 1.29 is 31.9 Å². The van der Waals surface area contributed by atoms with Crippen LogP contribution in [0.25, 0.3) is 0 Å². The van der Waals surface area contributed by atoms with Crippen molar-refractivity contribution in [3.05, 3.63) is 29.8 Å². The van der Waals surface area contributed by atoms with Crippen LogP contribution in [0.15, 0.2) is 18.5 Å². The number of halogens is 4. The first kappa shape index (κ1) is 19.1. The molecule has 3 rings (SSSR count). The van der Waals surface area contributed by atoms with Crippen LogP contribution in [-0.2, 0) is 4.79 Å². The number of imide groups is 1. The molecule has 7 nitrogen and oxygen atoms in total. The van der Waals surface area contributed by atoms with Crippen molar-refractivity contribution in [2.45, 2.75) is 25.1 Å². The average molecular weight is 388 g/mol. The highest BCUT2D eigenvalue weighted by Gasteiger charge is 2.45. The minimum absolute atomic E-state index is 0.118. The Morgan fingerprint density at radius 3 is 2.48 bits per heavy atom. The summed E-state index contributed by atoms with van der Waals surface area (Å²) in [7, 11) is 0. The monoisotopic (exact) mass is 388 g/mol. The number of urea groups is 1. The van der Waals surface area contributed by atoms with E-state index in [2.05, 4.69) is 4.98 Å². The number of hydrogen-bond donors (Lipinski definition) is 0. The second-order valence-corrected chi connectivity index (χ2v) is 6.38. The fourth-order valence-electron chi connectivity index (χ4n) is 3.28. The number of alkyl halides is 3. The summed E-state index contributed by atoms with van der Waals surface area (Å²) >= 11 is 0. The standard InChI is InChI=1S/C16H16F4N4O3/c17-12-7-21-4-1-11(12)14(26)22-5-2-10(3-6-22)23-8-13(25)24(15(23)27)9-16(18,19)20/h1,4,7,10H,2-3,5-6,8-9H2. The molecule has 3 heterocycles. The van der Waals surface area contributed by atoms with Crippen molar-refractivity contribution >= 4 is 17.8 Å². The predicted molar refractivity (Wildman–Crippen MR) is 83.0 cm³/mol. The average Bonchev–Trinajstić information content (AvgIpc) is 2.88. The van der Waals surface area contributed by atoms with Gasteiger partial charge in [0.2, 0.25) is 0 Å². The molecule has 4 amide bonds. The Bertz CT molecular complexity index is 762. The van der Waals surface area contributed by atoms with Gasteiger partial charge in [0.25, 0.3) is 11.8 Å². The Labute approximate surface area is 151 Å². The summed E-state index contributed by atoms with van der Waals surface area (Å²) in [5.74, 6) is -2.15. The van der Waals surface area contributed by atoms with Crippen molar-refractivity contribution in [3.8, 4) is 0 Å². The molecule has 0 bridgehead atoms. The lowest BCUT2D eigenvalue weighted by molar-refractivity contribution is -0.151. The normalized spacial score (nSPS) is 19.2. The fourth-order valence-corrected chi connectivity index (χ4v) is 3.28. The van der Waals surface area contributed by atoms with Gasteiger partial charge in [-0.05, 0) is 18.9 Å². The summed E-state index contributed by atoms with van der Waals surface area (Å²) in [4.78, 5) is 42.6. The van der Waals surface area contributed by atoms with Gasteiger partial charge in [-0.1, -0.05) is 0 Å². The number of amides is 4. The Kier molecular flexibility index (Phi) is 5.03. The van der Waals surface area contributed by atoms with E-state index in [0.29, 0.717) is 0 Å². The zero-order chi connectivity index (χ0) is 19.8. The lowest BCUT2D eigenvalue weighted by atomic mass is 10.0. The fraction of sp³-hybridized carbons (Fsp3) is 0.500. The Morgan fingerprint density at radius 1 is 1.22 bits per heavy atom. The molecule has 0 atom stereocenters. The molecular weight excluding hydrogens is 372 g/mol. The molecule has 2 aliphatic heterocycles. The first-order valence-electron chi connectivity index (χ1n) is 8.24. The van der Waals surface area contributed by atoms with Crippen molar-refractivity contribution in [3.63, 3.8) is 0 Å². The maximum Gasteiger partial charge on any atom is 0.406 e. The number of nitrogens with zero attached hydrogens (tertiary/aromatic N) is 4. The highest BCUT2D eigenvalue weighted by molar-refractivity contribution is 6.02. The van der Waals surface area contributed by atoms with Crippen molar-refractivity contribution in [2.24, 2.45) is 0 Å². The number of pyridine rings is 1. The Morgan fingerprint density at radius 2 is 1.89 bits per heavy atom. The number of carbonyl (C=O) groups excluding carboxylic acids is 3.